The average Bonchev–Trinajstić information content (AvgIpc) is 3.55. The first kappa shape index (κ1) is 25.0. The van der Waals surface area contributed by atoms with E-state index in [0.717, 1.165) is 36.2 Å². The van der Waals surface area contributed by atoms with Gasteiger partial charge in [0.25, 0.3) is 5.91 Å². The van der Waals surface area contributed by atoms with Crippen LogP contribution in [0.15, 0.2) is 48.7 Å². The molecule has 0 spiro atoms. The SMILES string of the molecule is C[C@@H]1C[C@@H](N2Cc3cnc(Nc4ccc(OC(F)(F)F)cc4)nc3C2)CCN1C(=O)c1ccc2[nH]nnc2c1. The van der Waals surface area contributed by atoms with Gasteiger partial charge >= 0.3 is 6.36 Å². The third kappa shape index (κ3) is 5.35. The highest BCUT2D eigenvalue weighted by Crippen LogP contribution is 2.31. The van der Waals surface area contributed by atoms with E-state index in [4.69, 9.17) is 0 Å². The number of carbonyl (C=O) groups is 1. The molecule has 0 bridgehead atoms. The van der Waals surface area contributed by atoms with E-state index in [2.05, 4.69) is 47.3 Å². The van der Waals surface area contributed by atoms with Gasteiger partial charge < -0.3 is 15.0 Å². The maximum Gasteiger partial charge on any atom is 0.573 e. The number of hydrogen-bond donors (Lipinski definition) is 2. The van der Waals surface area contributed by atoms with E-state index in [0.29, 0.717) is 41.8 Å². The number of ether oxygens (including phenoxy) is 1. The van der Waals surface area contributed by atoms with Gasteiger partial charge in [-0.1, -0.05) is 5.21 Å². The van der Waals surface area contributed by atoms with Crippen molar-refractivity contribution in [3.63, 3.8) is 0 Å². The zero-order valence-corrected chi connectivity index (χ0v) is 20.9. The first-order valence-electron chi connectivity index (χ1n) is 12.6. The highest BCUT2D eigenvalue weighted by atomic mass is 19.4. The van der Waals surface area contributed by atoms with Crippen LogP contribution in [0, 0.1) is 0 Å². The number of hydrogen-bond acceptors (Lipinski definition) is 8. The summed E-state index contributed by atoms with van der Waals surface area (Å²) in [5.41, 5.74) is 4.57. The third-order valence-electron chi connectivity index (χ3n) is 7.22. The summed E-state index contributed by atoms with van der Waals surface area (Å²) >= 11 is 0. The minimum absolute atomic E-state index is 0.00450. The van der Waals surface area contributed by atoms with E-state index in [1.807, 2.05) is 11.0 Å². The van der Waals surface area contributed by atoms with Gasteiger partial charge in [-0.15, -0.1) is 18.3 Å². The van der Waals surface area contributed by atoms with Crippen LogP contribution in [0.1, 0.15) is 41.4 Å². The second-order valence-electron chi connectivity index (χ2n) is 9.84. The molecule has 0 radical (unpaired) electrons. The Kier molecular flexibility index (Phi) is 6.29. The third-order valence-corrected chi connectivity index (χ3v) is 7.22. The number of carbonyl (C=O) groups excluding carboxylic acids is 1. The first-order valence-corrected chi connectivity index (χ1v) is 12.6. The summed E-state index contributed by atoms with van der Waals surface area (Å²) in [6.45, 7) is 4.13. The molecule has 39 heavy (non-hydrogen) atoms. The summed E-state index contributed by atoms with van der Waals surface area (Å²) in [5, 5.41) is 13.6. The van der Waals surface area contributed by atoms with E-state index >= 15 is 0 Å². The molecule has 0 saturated carbocycles. The van der Waals surface area contributed by atoms with Crippen molar-refractivity contribution in [2.75, 3.05) is 11.9 Å². The quantitative estimate of drug-likeness (QED) is 0.385. The second-order valence-corrected chi connectivity index (χ2v) is 9.84. The molecule has 4 aromatic rings. The number of rotatable bonds is 5. The van der Waals surface area contributed by atoms with E-state index in [9.17, 15) is 18.0 Å². The smallest absolute Gasteiger partial charge is 0.406 e. The molecule has 0 unspecified atom stereocenters. The lowest BCUT2D eigenvalue weighted by Gasteiger charge is -2.41. The fourth-order valence-electron chi connectivity index (χ4n) is 5.29. The molecule has 2 N–H and O–H groups in total. The fourth-order valence-corrected chi connectivity index (χ4v) is 5.29. The first-order chi connectivity index (χ1) is 18.7. The Bertz CT molecular complexity index is 1510. The molecule has 6 rings (SSSR count). The monoisotopic (exact) mass is 538 g/mol. The summed E-state index contributed by atoms with van der Waals surface area (Å²) in [4.78, 5) is 26.5. The van der Waals surface area contributed by atoms with Gasteiger partial charge in [0.2, 0.25) is 5.95 Å². The average molecular weight is 539 g/mol. The second kappa shape index (κ2) is 9.80. The van der Waals surface area contributed by atoms with Gasteiger partial charge in [-0.05, 0) is 62.2 Å². The van der Waals surface area contributed by atoms with Gasteiger partial charge in [0, 0.05) is 54.7 Å². The number of halogens is 3. The highest BCUT2D eigenvalue weighted by Gasteiger charge is 2.35. The Morgan fingerprint density at radius 1 is 1.15 bits per heavy atom. The number of alkyl halides is 3. The predicted molar refractivity (Wildman–Crippen MR) is 135 cm³/mol. The van der Waals surface area contributed by atoms with E-state index in [1.54, 1.807) is 18.3 Å². The molecular formula is C26H25F3N8O2. The number of amides is 1. The number of piperidine rings is 1. The lowest BCUT2D eigenvalue weighted by Crippen LogP contribution is -2.50. The predicted octanol–water partition coefficient (Wildman–Crippen LogP) is 4.40. The van der Waals surface area contributed by atoms with Crippen LogP contribution in [0.5, 0.6) is 5.75 Å². The number of nitrogens with zero attached hydrogens (tertiary/aromatic N) is 6. The minimum Gasteiger partial charge on any atom is -0.406 e. The van der Waals surface area contributed by atoms with Crippen LogP contribution in [-0.2, 0) is 13.1 Å². The van der Waals surface area contributed by atoms with Crippen molar-refractivity contribution in [2.24, 2.45) is 0 Å². The fraction of sp³-hybridized carbons (Fsp3) is 0.346. The maximum absolute atomic E-state index is 13.2. The van der Waals surface area contributed by atoms with Crippen LogP contribution >= 0.6 is 0 Å². The van der Waals surface area contributed by atoms with Gasteiger partial charge in [0.1, 0.15) is 11.3 Å². The number of H-pyrrole nitrogens is 1. The van der Waals surface area contributed by atoms with Crippen molar-refractivity contribution in [2.45, 2.75) is 51.3 Å². The molecule has 2 aromatic carbocycles. The Balaban J connectivity index is 1.06. The topological polar surface area (TPSA) is 112 Å². The van der Waals surface area contributed by atoms with Crippen LogP contribution in [-0.4, -0.2) is 66.1 Å². The molecule has 202 valence electrons. The standard InChI is InChI=1S/C26H25F3N8O2/c1-15-10-19(8-9-37(15)24(38)16-2-7-21-22(11-16)34-35-33-21)36-13-17-12-30-25(32-23(17)14-36)31-18-3-5-20(6-4-18)39-26(27,28)29/h2-7,11-12,15,19H,8-10,13-14H2,1H3,(H,30,31,32)(H,33,34,35)/t15-,19+/m1/s1. The zero-order chi connectivity index (χ0) is 27.1. The summed E-state index contributed by atoms with van der Waals surface area (Å²) in [7, 11) is 0. The van der Waals surface area contributed by atoms with Crippen molar-refractivity contribution in [1.29, 1.82) is 0 Å². The van der Waals surface area contributed by atoms with Crippen LogP contribution in [0.4, 0.5) is 24.8 Å². The molecular weight excluding hydrogens is 513 g/mol. The van der Waals surface area contributed by atoms with Gasteiger partial charge in [-0.2, -0.15) is 0 Å². The number of nitrogens with one attached hydrogen (secondary N) is 2. The van der Waals surface area contributed by atoms with Gasteiger partial charge in [-0.25, -0.2) is 9.97 Å². The highest BCUT2D eigenvalue weighted by molar-refractivity contribution is 5.97. The molecule has 13 heteroatoms. The summed E-state index contributed by atoms with van der Waals surface area (Å²) in [6.07, 6.45) is -1.26. The van der Waals surface area contributed by atoms with E-state index in [1.165, 1.54) is 24.3 Å². The van der Waals surface area contributed by atoms with Gasteiger partial charge in [0.15, 0.2) is 0 Å². The van der Waals surface area contributed by atoms with Gasteiger partial charge in [0.05, 0.1) is 11.2 Å². The zero-order valence-electron chi connectivity index (χ0n) is 20.9. The van der Waals surface area contributed by atoms with Crippen molar-refractivity contribution in [1.82, 2.24) is 35.2 Å². The maximum atomic E-state index is 13.2. The van der Waals surface area contributed by atoms with Crippen LogP contribution in [0.3, 0.4) is 0 Å². The molecule has 10 nitrogen and oxygen atoms in total. The van der Waals surface area contributed by atoms with Crippen molar-refractivity contribution in [3.8, 4) is 5.75 Å². The molecule has 1 amide bonds. The van der Waals surface area contributed by atoms with Crippen molar-refractivity contribution >= 4 is 28.6 Å². The number of benzene rings is 2. The van der Waals surface area contributed by atoms with Gasteiger partial charge in [-0.3, -0.25) is 14.8 Å². The number of fused-ring (bicyclic) bond motifs is 2. The molecule has 0 aliphatic carbocycles. The summed E-state index contributed by atoms with van der Waals surface area (Å²) in [6, 6.07) is 11.2. The van der Waals surface area contributed by atoms with Crippen LogP contribution in [0.25, 0.3) is 11.0 Å². The Labute approximate surface area is 221 Å². The lowest BCUT2D eigenvalue weighted by atomic mass is 9.96. The number of aromatic nitrogens is 5. The van der Waals surface area contributed by atoms with Crippen LogP contribution < -0.4 is 10.1 Å². The molecule has 2 aliphatic rings. The Hall–Kier alpha value is -4.26. The van der Waals surface area contributed by atoms with E-state index < -0.39 is 6.36 Å². The Morgan fingerprint density at radius 3 is 2.74 bits per heavy atom. The largest absolute Gasteiger partial charge is 0.573 e. The molecule has 2 aliphatic heterocycles. The lowest BCUT2D eigenvalue weighted by molar-refractivity contribution is -0.274. The molecule has 1 saturated heterocycles. The Morgan fingerprint density at radius 2 is 1.97 bits per heavy atom. The molecule has 2 atom stereocenters. The minimum atomic E-state index is -4.74. The normalized spacial score (nSPS) is 19.7. The summed E-state index contributed by atoms with van der Waals surface area (Å²) < 4.78 is 41.0. The number of aromatic amines is 1. The van der Waals surface area contributed by atoms with Crippen LogP contribution in [0.2, 0.25) is 0 Å². The van der Waals surface area contributed by atoms with Crippen molar-refractivity contribution < 1.29 is 22.7 Å². The molecule has 4 heterocycles. The number of likely N-dealkylation sites (tertiary alicyclic amines) is 1. The number of anilines is 2. The molecule has 2 aromatic heterocycles. The summed E-state index contributed by atoms with van der Waals surface area (Å²) in [5.74, 6) is 0.0738. The molecule has 1 fully saturated rings. The van der Waals surface area contributed by atoms with Crippen molar-refractivity contribution in [3.05, 3.63) is 65.5 Å². The van der Waals surface area contributed by atoms with E-state index in [-0.39, 0.29) is 17.7 Å².